The fourth-order valence-electron chi connectivity index (χ4n) is 6.28. The Hall–Kier alpha value is -2.10. The average Bonchev–Trinajstić information content (AvgIpc) is 3.00. The molecule has 1 aliphatic heterocycles. The quantitative estimate of drug-likeness (QED) is 0.409. The highest BCUT2D eigenvalue weighted by molar-refractivity contribution is 6.99. The zero-order valence-corrected chi connectivity index (χ0v) is 21.3. The van der Waals surface area contributed by atoms with Crippen LogP contribution in [-0.4, -0.2) is 20.5 Å². The maximum absolute atomic E-state index is 7.67. The Morgan fingerprint density at radius 3 is 2.00 bits per heavy atom. The van der Waals surface area contributed by atoms with Crippen molar-refractivity contribution in [1.82, 2.24) is 0 Å². The smallest absolute Gasteiger partial charge is 0.261 e. The lowest BCUT2D eigenvalue weighted by molar-refractivity contribution is -0.0277. The van der Waals surface area contributed by atoms with Crippen LogP contribution in [0.5, 0.6) is 0 Å². The van der Waals surface area contributed by atoms with E-state index in [2.05, 4.69) is 108 Å². The molecule has 1 heterocycles. The van der Waals surface area contributed by atoms with Gasteiger partial charge in [-0.2, -0.15) is 0 Å². The molecule has 1 saturated carbocycles. The molecule has 2 nitrogen and oxygen atoms in total. The molecule has 2 aromatic rings. The number of allylic oxidation sites excluding steroid dienone is 1. The lowest BCUT2D eigenvalue weighted by atomic mass is 9.83. The second-order valence-electron chi connectivity index (χ2n) is 11.3. The monoisotopic (exact) mass is 446 g/mol. The summed E-state index contributed by atoms with van der Waals surface area (Å²) in [5.74, 6) is 1.69. The van der Waals surface area contributed by atoms with Gasteiger partial charge < -0.3 is 9.16 Å². The standard InChI is InChI=1S/C29H38O2Si/c1-8-25-26-22(19-21(2)30-25)20-29(6,7)27(26)31-32(28(3,4)5,23-15-11-9-12-16-23)24-17-13-10-14-18-24/h8-18,22,25-27H,1-2,19-20H2,3-7H3/t22-,25?,26+,27+/m0/s1. The molecule has 32 heavy (non-hydrogen) atoms. The van der Waals surface area contributed by atoms with E-state index in [1.807, 2.05) is 6.08 Å². The third-order valence-electron chi connectivity index (χ3n) is 7.58. The zero-order valence-electron chi connectivity index (χ0n) is 20.3. The third-order valence-corrected chi connectivity index (χ3v) is 12.6. The van der Waals surface area contributed by atoms with E-state index in [9.17, 15) is 0 Å². The summed E-state index contributed by atoms with van der Waals surface area (Å²) >= 11 is 0. The first kappa shape index (κ1) is 23.1. The maximum Gasteiger partial charge on any atom is 0.261 e. The minimum absolute atomic E-state index is 0.0393. The predicted molar refractivity (Wildman–Crippen MR) is 137 cm³/mol. The molecule has 2 aromatic carbocycles. The molecule has 0 spiro atoms. The first-order valence-electron chi connectivity index (χ1n) is 11.9. The van der Waals surface area contributed by atoms with Gasteiger partial charge in [0.25, 0.3) is 8.32 Å². The van der Waals surface area contributed by atoms with Crippen LogP contribution in [0.3, 0.4) is 0 Å². The molecule has 1 aliphatic carbocycles. The van der Waals surface area contributed by atoms with Crippen LogP contribution in [0.1, 0.15) is 47.5 Å². The number of fused-ring (bicyclic) bond motifs is 1. The maximum atomic E-state index is 7.67. The summed E-state index contributed by atoms with van der Waals surface area (Å²) in [5.41, 5.74) is 0.0393. The second-order valence-corrected chi connectivity index (χ2v) is 15.5. The fourth-order valence-corrected chi connectivity index (χ4v) is 11.2. The van der Waals surface area contributed by atoms with Gasteiger partial charge in [-0.15, -0.1) is 0 Å². The van der Waals surface area contributed by atoms with Gasteiger partial charge in [0.15, 0.2) is 0 Å². The van der Waals surface area contributed by atoms with Gasteiger partial charge in [0, 0.05) is 12.3 Å². The highest BCUT2D eigenvalue weighted by atomic mass is 28.4. The van der Waals surface area contributed by atoms with E-state index in [0.29, 0.717) is 5.92 Å². The normalized spacial score (nSPS) is 27.5. The van der Waals surface area contributed by atoms with Gasteiger partial charge in [-0.25, -0.2) is 0 Å². The van der Waals surface area contributed by atoms with E-state index in [0.717, 1.165) is 18.6 Å². The summed E-state index contributed by atoms with van der Waals surface area (Å²) in [5, 5.41) is 2.61. The largest absolute Gasteiger partial charge is 0.491 e. The molecular weight excluding hydrogens is 408 g/mol. The third kappa shape index (κ3) is 3.80. The molecule has 2 fully saturated rings. The molecule has 0 aromatic heterocycles. The van der Waals surface area contributed by atoms with Crippen molar-refractivity contribution in [1.29, 1.82) is 0 Å². The van der Waals surface area contributed by atoms with Crippen molar-refractivity contribution in [2.45, 2.75) is 64.7 Å². The van der Waals surface area contributed by atoms with Crippen molar-refractivity contribution in [2.24, 2.45) is 17.3 Å². The summed E-state index contributed by atoms with van der Waals surface area (Å²) < 4.78 is 13.9. The molecule has 1 saturated heterocycles. The van der Waals surface area contributed by atoms with E-state index in [1.54, 1.807) is 0 Å². The van der Waals surface area contributed by atoms with Crippen molar-refractivity contribution in [3.63, 3.8) is 0 Å². The average molecular weight is 447 g/mol. The summed E-state index contributed by atoms with van der Waals surface area (Å²) in [6.07, 6.45) is 4.03. The number of rotatable bonds is 5. The Bertz CT molecular complexity index is 918. The summed E-state index contributed by atoms with van der Waals surface area (Å²) in [7, 11) is -2.65. The molecule has 0 amide bonds. The van der Waals surface area contributed by atoms with Crippen LogP contribution < -0.4 is 10.4 Å². The number of ether oxygens (including phenoxy) is 1. The Morgan fingerprint density at radius 2 is 1.53 bits per heavy atom. The Labute approximate surface area is 195 Å². The molecule has 4 rings (SSSR count). The molecule has 0 radical (unpaired) electrons. The van der Waals surface area contributed by atoms with Gasteiger partial charge in [-0.3, -0.25) is 0 Å². The SMILES string of the molecule is C=CC1OC(=C)C[C@H]2CC(C)(C)[C@H](O[Si](c3ccccc3)(c3ccccc3)C(C)(C)C)[C@@H]12. The van der Waals surface area contributed by atoms with Gasteiger partial charge in [-0.1, -0.05) is 115 Å². The topological polar surface area (TPSA) is 18.5 Å². The molecule has 0 N–H and O–H groups in total. The van der Waals surface area contributed by atoms with Gasteiger partial charge in [0.2, 0.25) is 0 Å². The molecule has 2 aliphatic rings. The molecule has 0 bridgehead atoms. The first-order valence-corrected chi connectivity index (χ1v) is 13.8. The van der Waals surface area contributed by atoms with Crippen LogP contribution in [0, 0.1) is 17.3 Å². The highest BCUT2D eigenvalue weighted by Gasteiger charge is 2.59. The summed E-state index contributed by atoms with van der Waals surface area (Å²) in [4.78, 5) is 0. The predicted octanol–water partition coefficient (Wildman–Crippen LogP) is 6.08. The van der Waals surface area contributed by atoms with Gasteiger partial charge in [0.1, 0.15) is 6.10 Å². The Morgan fingerprint density at radius 1 is 1.00 bits per heavy atom. The van der Waals surface area contributed by atoms with E-state index >= 15 is 0 Å². The minimum Gasteiger partial charge on any atom is -0.491 e. The molecular formula is C29H38O2Si. The van der Waals surface area contributed by atoms with E-state index in [-0.39, 0.29) is 28.6 Å². The van der Waals surface area contributed by atoms with Crippen LogP contribution in [0.4, 0.5) is 0 Å². The van der Waals surface area contributed by atoms with E-state index in [1.165, 1.54) is 10.4 Å². The van der Waals surface area contributed by atoms with Crippen LogP contribution in [0.25, 0.3) is 0 Å². The van der Waals surface area contributed by atoms with Crippen molar-refractivity contribution in [3.05, 3.63) is 85.7 Å². The molecule has 3 heteroatoms. The molecule has 4 atom stereocenters. The number of benzene rings is 2. The summed E-state index contributed by atoms with van der Waals surface area (Å²) in [6, 6.07) is 21.9. The number of hydrogen-bond acceptors (Lipinski definition) is 2. The van der Waals surface area contributed by atoms with Crippen molar-refractivity contribution >= 4 is 18.7 Å². The van der Waals surface area contributed by atoms with Crippen molar-refractivity contribution in [3.8, 4) is 0 Å². The van der Waals surface area contributed by atoms with Gasteiger partial charge >= 0.3 is 0 Å². The first-order chi connectivity index (χ1) is 15.1. The van der Waals surface area contributed by atoms with E-state index in [4.69, 9.17) is 9.16 Å². The van der Waals surface area contributed by atoms with Crippen LogP contribution >= 0.6 is 0 Å². The Balaban J connectivity index is 1.89. The van der Waals surface area contributed by atoms with Crippen molar-refractivity contribution in [2.75, 3.05) is 0 Å². The lowest BCUT2D eigenvalue weighted by Gasteiger charge is -2.49. The van der Waals surface area contributed by atoms with Crippen LogP contribution in [0.15, 0.2) is 85.7 Å². The van der Waals surface area contributed by atoms with Gasteiger partial charge in [0.05, 0.1) is 11.9 Å². The lowest BCUT2D eigenvalue weighted by Crippen LogP contribution is -2.69. The second kappa shape index (κ2) is 8.35. The van der Waals surface area contributed by atoms with E-state index < -0.39 is 8.32 Å². The minimum atomic E-state index is -2.65. The zero-order chi connectivity index (χ0) is 23.1. The highest BCUT2D eigenvalue weighted by Crippen LogP contribution is 2.55. The van der Waals surface area contributed by atoms with Crippen molar-refractivity contribution < 1.29 is 9.16 Å². The van der Waals surface area contributed by atoms with Crippen LogP contribution in [-0.2, 0) is 9.16 Å². The number of hydrogen-bond donors (Lipinski definition) is 0. The molecule has 1 unspecified atom stereocenters. The van der Waals surface area contributed by atoms with Crippen LogP contribution in [0.2, 0.25) is 5.04 Å². The Kier molecular flexibility index (Phi) is 6.02. The summed E-state index contributed by atoms with van der Waals surface area (Å²) in [6.45, 7) is 20.1. The fraction of sp³-hybridized carbons (Fsp3) is 0.448. The molecule has 170 valence electrons. The van der Waals surface area contributed by atoms with Gasteiger partial charge in [-0.05, 0) is 33.2 Å².